The molecule has 0 aromatic heterocycles. The number of rotatable bonds is 9. The molecule has 0 radical (unpaired) electrons. The molecule has 0 amide bonds. The Bertz CT molecular complexity index is 1140. The van der Waals surface area contributed by atoms with Crippen molar-refractivity contribution in [1.29, 1.82) is 0 Å². The maximum Gasteiger partial charge on any atom is 0.318 e. The molecular formula is C18H14N4O12. The Labute approximate surface area is 188 Å². The van der Waals surface area contributed by atoms with Crippen molar-refractivity contribution in [3.05, 3.63) is 75.8 Å². The van der Waals surface area contributed by atoms with Gasteiger partial charge in [0.25, 0.3) is 11.4 Å². The molecule has 0 aliphatic heterocycles. The molecule has 0 saturated heterocycles. The van der Waals surface area contributed by atoms with Crippen LogP contribution >= 0.6 is 0 Å². The second-order valence-electron chi connectivity index (χ2n) is 6.70. The van der Waals surface area contributed by atoms with Crippen LogP contribution in [-0.4, -0.2) is 31.6 Å². The van der Waals surface area contributed by atoms with Crippen molar-refractivity contribution in [2.24, 2.45) is 0 Å². The van der Waals surface area contributed by atoms with Gasteiger partial charge in [0.15, 0.2) is 0 Å². The minimum absolute atomic E-state index is 0.0750. The largest absolute Gasteiger partial charge is 0.419 e. The van der Waals surface area contributed by atoms with Crippen LogP contribution < -0.4 is 9.47 Å². The van der Waals surface area contributed by atoms with Crippen LogP contribution in [0.25, 0.3) is 0 Å². The molecule has 34 heavy (non-hydrogen) atoms. The van der Waals surface area contributed by atoms with Crippen molar-refractivity contribution in [3.63, 3.8) is 0 Å². The lowest BCUT2D eigenvalue weighted by Gasteiger charge is -2.09. The molecule has 2 aromatic rings. The van der Waals surface area contributed by atoms with E-state index in [0.29, 0.717) is 12.1 Å². The summed E-state index contributed by atoms with van der Waals surface area (Å²) in [6.07, 6.45) is -1.32. The molecule has 0 heterocycles. The number of non-ortho nitro benzene ring substituents is 2. The molecule has 0 aliphatic carbocycles. The fraction of sp³-hybridized carbons (Fsp3) is 0.222. The van der Waals surface area contributed by atoms with Gasteiger partial charge in [-0.1, -0.05) is 0 Å². The van der Waals surface area contributed by atoms with Crippen molar-refractivity contribution in [1.82, 2.24) is 0 Å². The van der Waals surface area contributed by atoms with Crippen LogP contribution in [0, 0.1) is 54.3 Å². The van der Waals surface area contributed by atoms with E-state index < -0.39 is 78.7 Å². The number of nitro benzene ring substituents is 4. The van der Waals surface area contributed by atoms with E-state index in [1.165, 1.54) is 13.8 Å². The molecule has 0 atom stereocenters. The Morgan fingerprint density at radius 2 is 0.971 bits per heavy atom. The minimum atomic E-state index is -1.12. The minimum Gasteiger partial charge on any atom is -0.419 e. The van der Waals surface area contributed by atoms with E-state index in [1.807, 2.05) is 0 Å². The van der Waals surface area contributed by atoms with Crippen molar-refractivity contribution in [2.45, 2.75) is 26.7 Å². The van der Waals surface area contributed by atoms with E-state index >= 15 is 0 Å². The Hall–Kier alpha value is -5.02. The third kappa shape index (κ3) is 5.81. The second kappa shape index (κ2) is 10.1. The molecule has 0 unspecified atom stereocenters. The van der Waals surface area contributed by atoms with Gasteiger partial charge in [0.1, 0.15) is 0 Å². The Morgan fingerprint density at radius 3 is 1.24 bits per heavy atom. The number of hydrogen-bond acceptors (Lipinski definition) is 12. The first kappa shape index (κ1) is 25.2. The van der Waals surface area contributed by atoms with Gasteiger partial charge in [-0.25, -0.2) is 0 Å². The molecule has 2 rings (SSSR count). The van der Waals surface area contributed by atoms with Gasteiger partial charge in [-0.05, 0) is 13.8 Å². The number of esters is 2. The fourth-order valence-corrected chi connectivity index (χ4v) is 2.75. The predicted molar refractivity (Wildman–Crippen MR) is 109 cm³/mol. The van der Waals surface area contributed by atoms with Crippen molar-refractivity contribution in [2.75, 3.05) is 0 Å². The zero-order chi connectivity index (χ0) is 25.7. The number of hydrogen-bond donors (Lipinski definition) is 0. The average molecular weight is 478 g/mol. The van der Waals surface area contributed by atoms with Gasteiger partial charge in [0.05, 0.1) is 44.7 Å². The highest BCUT2D eigenvalue weighted by Crippen LogP contribution is 2.36. The summed E-state index contributed by atoms with van der Waals surface area (Å²) in [5, 5.41) is 44.2. The van der Waals surface area contributed by atoms with E-state index in [9.17, 15) is 50.0 Å². The molecular weight excluding hydrogens is 464 g/mol. The zero-order valence-corrected chi connectivity index (χ0v) is 17.4. The number of carbonyl (C=O) groups is 2. The molecule has 0 spiro atoms. The first-order valence-electron chi connectivity index (χ1n) is 9.10. The first-order chi connectivity index (χ1) is 15.8. The van der Waals surface area contributed by atoms with Crippen LogP contribution in [0.5, 0.6) is 11.5 Å². The van der Waals surface area contributed by atoms with Crippen molar-refractivity contribution in [3.8, 4) is 11.5 Å². The van der Waals surface area contributed by atoms with Crippen LogP contribution in [0.4, 0.5) is 22.7 Å². The molecule has 0 aliphatic rings. The quantitative estimate of drug-likeness (QED) is 0.219. The van der Waals surface area contributed by atoms with Crippen molar-refractivity contribution >= 4 is 34.7 Å². The third-order valence-corrected chi connectivity index (χ3v) is 4.26. The lowest BCUT2D eigenvalue weighted by molar-refractivity contribution is -0.395. The highest BCUT2D eigenvalue weighted by atomic mass is 16.6. The number of benzene rings is 2. The number of nitro groups is 4. The summed E-state index contributed by atoms with van der Waals surface area (Å²) in [7, 11) is 0. The van der Waals surface area contributed by atoms with Crippen LogP contribution in [0.2, 0.25) is 0 Å². The maximum atomic E-state index is 12.1. The number of carbonyl (C=O) groups excluding carboxylic acids is 2. The molecule has 0 fully saturated rings. The number of ether oxygens (including phenoxy) is 2. The summed E-state index contributed by atoms with van der Waals surface area (Å²) in [5.74, 6) is -3.33. The SMILES string of the molecule is Cc1cc([N+](=O)[O-])cc([N+](=O)[O-])c1OC(=O)CCC(=O)Oc1c(C)cc([N+](=O)[O-])cc1[N+](=O)[O-]. The second-order valence-corrected chi connectivity index (χ2v) is 6.70. The number of nitrogens with zero attached hydrogens (tertiary/aromatic N) is 4. The lowest BCUT2D eigenvalue weighted by atomic mass is 10.1. The van der Waals surface area contributed by atoms with Crippen LogP contribution in [0.1, 0.15) is 24.0 Å². The number of aryl methyl sites for hydroxylation is 2. The highest BCUT2D eigenvalue weighted by molar-refractivity contribution is 5.82. The van der Waals surface area contributed by atoms with E-state index in [1.54, 1.807) is 0 Å². The van der Waals surface area contributed by atoms with Gasteiger partial charge < -0.3 is 9.47 Å². The van der Waals surface area contributed by atoms with Crippen LogP contribution in [-0.2, 0) is 9.59 Å². The van der Waals surface area contributed by atoms with E-state index in [0.717, 1.165) is 12.1 Å². The standard InChI is InChI=1S/C18H14N4O12/c1-9-5-11(19(25)26)7-13(21(29)30)17(9)33-15(23)3-4-16(24)34-18-10(2)6-12(20(27)28)8-14(18)22(31)32/h5-8H,3-4H2,1-2H3. The summed E-state index contributed by atoms with van der Waals surface area (Å²) in [4.78, 5) is 64.7. The monoisotopic (exact) mass is 478 g/mol. The van der Waals surface area contributed by atoms with Crippen molar-refractivity contribution < 1.29 is 38.8 Å². The summed E-state index contributed by atoms with van der Waals surface area (Å²) >= 11 is 0. The highest BCUT2D eigenvalue weighted by Gasteiger charge is 2.28. The maximum absolute atomic E-state index is 12.1. The smallest absolute Gasteiger partial charge is 0.318 e. The van der Waals surface area contributed by atoms with E-state index in [4.69, 9.17) is 9.47 Å². The summed E-state index contributed by atoms with van der Waals surface area (Å²) in [6, 6.07) is 3.14. The zero-order valence-electron chi connectivity index (χ0n) is 17.4. The summed E-state index contributed by atoms with van der Waals surface area (Å²) < 4.78 is 9.81. The molecule has 2 aromatic carbocycles. The molecule has 16 nitrogen and oxygen atoms in total. The molecule has 0 bridgehead atoms. The first-order valence-corrected chi connectivity index (χ1v) is 9.10. The van der Waals surface area contributed by atoms with Gasteiger partial charge >= 0.3 is 23.3 Å². The van der Waals surface area contributed by atoms with Gasteiger partial charge in [-0.3, -0.25) is 50.0 Å². The topological polar surface area (TPSA) is 225 Å². The van der Waals surface area contributed by atoms with Gasteiger partial charge in [-0.2, -0.15) is 0 Å². The Balaban J connectivity index is 2.15. The van der Waals surface area contributed by atoms with E-state index in [-0.39, 0.29) is 11.1 Å². The molecule has 178 valence electrons. The van der Waals surface area contributed by atoms with Crippen LogP contribution in [0.3, 0.4) is 0 Å². The normalized spacial score (nSPS) is 10.3. The van der Waals surface area contributed by atoms with Gasteiger partial charge in [-0.15, -0.1) is 0 Å². The Kier molecular flexibility index (Phi) is 7.47. The summed E-state index contributed by atoms with van der Waals surface area (Å²) in [5.41, 5.74) is -3.00. The third-order valence-electron chi connectivity index (χ3n) is 4.26. The fourth-order valence-electron chi connectivity index (χ4n) is 2.75. The van der Waals surface area contributed by atoms with Crippen LogP contribution in [0.15, 0.2) is 24.3 Å². The lowest BCUT2D eigenvalue weighted by Crippen LogP contribution is -2.16. The Morgan fingerprint density at radius 1 is 0.647 bits per heavy atom. The van der Waals surface area contributed by atoms with Gasteiger partial charge in [0.2, 0.25) is 11.5 Å². The summed E-state index contributed by atoms with van der Waals surface area (Å²) in [6.45, 7) is 2.49. The molecule has 16 heteroatoms. The predicted octanol–water partition coefficient (Wildman–Crippen LogP) is 3.23. The van der Waals surface area contributed by atoms with E-state index in [2.05, 4.69) is 0 Å². The molecule has 0 N–H and O–H groups in total. The average Bonchev–Trinajstić information content (AvgIpc) is 2.73. The van der Waals surface area contributed by atoms with Gasteiger partial charge in [0, 0.05) is 23.3 Å². The molecule has 0 saturated carbocycles.